The van der Waals surface area contributed by atoms with Crippen molar-refractivity contribution in [2.24, 2.45) is 0 Å². The third-order valence-electron chi connectivity index (χ3n) is 1.70. The van der Waals surface area contributed by atoms with Crippen LogP contribution in [-0.2, 0) is 0 Å². The molecule has 0 radical (unpaired) electrons. The number of aromatic nitrogens is 2. The molecule has 1 heterocycles. The molecule has 2 rings (SSSR count). The summed E-state index contributed by atoms with van der Waals surface area (Å²) in [5, 5.41) is 0. The zero-order valence-corrected chi connectivity index (χ0v) is 7.72. The smallest absolute Gasteiger partial charge is 0.224 e. The monoisotopic (exact) mass is 205 g/mol. The second-order valence-electron chi connectivity index (χ2n) is 2.79. The van der Waals surface area contributed by atoms with Gasteiger partial charge >= 0.3 is 0 Å². The first-order valence-corrected chi connectivity index (χ1v) is 4.26. The van der Waals surface area contributed by atoms with Crippen molar-refractivity contribution in [3.63, 3.8) is 0 Å². The summed E-state index contributed by atoms with van der Waals surface area (Å²) in [6, 6.07) is 7.57. The van der Waals surface area contributed by atoms with E-state index in [9.17, 15) is 4.39 Å². The maximum Gasteiger partial charge on any atom is 0.224 e. The van der Waals surface area contributed by atoms with E-state index in [2.05, 4.69) is 9.97 Å². The maximum atomic E-state index is 13.2. The fourth-order valence-corrected chi connectivity index (χ4v) is 1.05. The Bertz CT molecular complexity index is 476. The van der Waals surface area contributed by atoms with Gasteiger partial charge < -0.3 is 10.5 Å². The molecule has 0 amide bonds. The van der Waals surface area contributed by atoms with E-state index in [0.717, 1.165) is 0 Å². The van der Waals surface area contributed by atoms with Crippen molar-refractivity contribution in [1.82, 2.24) is 9.97 Å². The molecule has 0 fully saturated rings. The van der Waals surface area contributed by atoms with Gasteiger partial charge in [0.2, 0.25) is 11.8 Å². The number of benzene rings is 1. The van der Waals surface area contributed by atoms with E-state index in [-0.39, 0.29) is 17.6 Å². The predicted molar refractivity (Wildman–Crippen MR) is 52.9 cm³/mol. The van der Waals surface area contributed by atoms with Gasteiger partial charge in [0.15, 0.2) is 11.6 Å². The zero-order chi connectivity index (χ0) is 10.7. The molecule has 0 aliphatic carbocycles. The van der Waals surface area contributed by atoms with Gasteiger partial charge in [-0.2, -0.15) is 4.98 Å². The van der Waals surface area contributed by atoms with Crippen molar-refractivity contribution in [2.75, 3.05) is 5.73 Å². The highest BCUT2D eigenvalue weighted by atomic mass is 19.1. The van der Waals surface area contributed by atoms with E-state index in [1.807, 2.05) is 0 Å². The Balaban J connectivity index is 2.26. The fraction of sp³-hybridized carbons (Fsp3) is 0. The summed E-state index contributed by atoms with van der Waals surface area (Å²) in [7, 11) is 0. The Morgan fingerprint density at radius 2 is 2.00 bits per heavy atom. The van der Waals surface area contributed by atoms with Crippen molar-refractivity contribution in [3.05, 3.63) is 42.3 Å². The lowest BCUT2D eigenvalue weighted by atomic mass is 10.3. The fourth-order valence-electron chi connectivity index (χ4n) is 1.05. The molecular weight excluding hydrogens is 197 g/mol. The van der Waals surface area contributed by atoms with Crippen molar-refractivity contribution in [1.29, 1.82) is 0 Å². The number of anilines is 1. The second kappa shape index (κ2) is 3.91. The Labute approximate surface area is 85.5 Å². The summed E-state index contributed by atoms with van der Waals surface area (Å²) in [6.07, 6.45) is 1.44. The molecule has 2 aromatic rings. The van der Waals surface area contributed by atoms with Gasteiger partial charge in [0.05, 0.1) is 0 Å². The largest absolute Gasteiger partial charge is 0.436 e. The van der Waals surface area contributed by atoms with Crippen LogP contribution < -0.4 is 10.5 Å². The van der Waals surface area contributed by atoms with E-state index in [0.29, 0.717) is 0 Å². The molecule has 4 nitrogen and oxygen atoms in total. The number of nitrogens with zero attached hydrogens (tertiary/aromatic N) is 2. The number of para-hydroxylation sites is 1. The van der Waals surface area contributed by atoms with Crippen molar-refractivity contribution in [2.45, 2.75) is 0 Å². The minimum absolute atomic E-state index is 0.0869. The average Bonchev–Trinajstić information content (AvgIpc) is 2.22. The second-order valence-corrected chi connectivity index (χ2v) is 2.79. The van der Waals surface area contributed by atoms with Crippen LogP contribution in [0.5, 0.6) is 11.6 Å². The molecule has 0 saturated carbocycles. The van der Waals surface area contributed by atoms with Crippen LogP contribution in [0.2, 0.25) is 0 Å². The molecule has 0 bridgehead atoms. The molecule has 0 saturated heterocycles. The lowest BCUT2D eigenvalue weighted by molar-refractivity contribution is 0.427. The Morgan fingerprint density at radius 1 is 1.20 bits per heavy atom. The molecule has 5 heteroatoms. The normalized spacial score (nSPS) is 9.93. The van der Waals surface area contributed by atoms with E-state index in [1.54, 1.807) is 12.1 Å². The van der Waals surface area contributed by atoms with Crippen LogP contribution in [0, 0.1) is 5.82 Å². The van der Waals surface area contributed by atoms with E-state index >= 15 is 0 Å². The van der Waals surface area contributed by atoms with Gasteiger partial charge in [-0.05, 0) is 12.1 Å². The topological polar surface area (TPSA) is 61.0 Å². The molecule has 76 valence electrons. The van der Waals surface area contributed by atoms with Gasteiger partial charge in [-0.25, -0.2) is 9.37 Å². The van der Waals surface area contributed by atoms with Crippen LogP contribution in [-0.4, -0.2) is 9.97 Å². The van der Waals surface area contributed by atoms with Crippen molar-refractivity contribution in [3.8, 4) is 11.6 Å². The minimum atomic E-state index is -0.449. The van der Waals surface area contributed by atoms with E-state index in [1.165, 1.54) is 24.4 Å². The van der Waals surface area contributed by atoms with Gasteiger partial charge in [-0.3, -0.25) is 0 Å². The molecule has 0 aliphatic rings. The summed E-state index contributed by atoms with van der Waals surface area (Å²) < 4.78 is 18.4. The zero-order valence-electron chi connectivity index (χ0n) is 7.72. The average molecular weight is 205 g/mol. The first-order valence-electron chi connectivity index (χ1n) is 4.26. The Kier molecular flexibility index (Phi) is 2.45. The molecule has 0 aliphatic heterocycles. The summed E-state index contributed by atoms with van der Waals surface area (Å²) >= 11 is 0. The molecule has 2 N–H and O–H groups in total. The van der Waals surface area contributed by atoms with Crippen LogP contribution in [0.4, 0.5) is 10.3 Å². The first kappa shape index (κ1) is 9.39. The minimum Gasteiger partial charge on any atom is -0.436 e. The lowest BCUT2D eigenvalue weighted by Crippen LogP contribution is -1.96. The number of ether oxygens (including phenoxy) is 1. The van der Waals surface area contributed by atoms with Gasteiger partial charge in [-0.15, -0.1) is 0 Å². The third kappa shape index (κ3) is 2.19. The van der Waals surface area contributed by atoms with Crippen LogP contribution in [0.3, 0.4) is 0 Å². The number of nitrogens with two attached hydrogens (primary N) is 1. The summed E-state index contributed by atoms with van der Waals surface area (Å²) in [5.41, 5.74) is 5.35. The quantitative estimate of drug-likeness (QED) is 0.814. The number of hydrogen-bond donors (Lipinski definition) is 1. The SMILES string of the molecule is Nc1nccc(Oc2ccccc2F)n1. The van der Waals surface area contributed by atoms with E-state index < -0.39 is 5.82 Å². The summed E-state index contributed by atoms with van der Waals surface area (Å²) in [5.74, 6) is -0.0401. The number of rotatable bonds is 2. The highest BCUT2D eigenvalue weighted by molar-refractivity contribution is 5.29. The lowest BCUT2D eigenvalue weighted by Gasteiger charge is -2.04. The van der Waals surface area contributed by atoms with Crippen LogP contribution in [0.15, 0.2) is 36.5 Å². The third-order valence-corrected chi connectivity index (χ3v) is 1.70. The molecule has 1 aromatic carbocycles. The highest BCUT2D eigenvalue weighted by Gasteiger charge is 2.04. The van der Waals surface area contributed by atoms with Crippen molar-refractivity contribution < 1.29 is 9.13 Å². The number of hydrogen-bond acceptors (Lipinski definition) is 4. The Hall–Kier alpha value is -2.17. The molecule has 0 unspecified atom stereocenters. The summed E-state index contributed by atoms with van der Waals surface area (Å²) in [6.45, 7) is 0. The molecule has 0 atom stereocenters. The van der Waals surface area contributed by atoms with Gasteiger partial charge in [0.1, 0.15) is 0 Å². The Morgan fingerprint density at radius 3 is 2.73 bits per heavy atom. The highest BCUT2D eigenvalue weighted by Crippen LogP contribution is 2.21. The summed E-state index contributed by atoms with van der Waals surface area (Å²) in [4.78, 5) is 7.48. The molecular formula is C10H8FN3O. The van der Waals surface area contributed by atoms with Crippen LogP contribution in [0.1, 0.15) is 0 Å². The molecule has 0 spiro atoms. The van der Waals surface area contributed by atoms with Crippen LogP contribution in [0.25, 0.3) is 0 Å². The van der Waals surface area contributed by atoms with Gasteiger partial charge in [-0.1, -0.05) is 12.1 Å². The number of nitrogen functional groups attached to an aromatic ring is 1. The van der Waals surface area contributed by atoms with Gasteiger partial charge in [0.25, 0.3) is 0 Å². The van der Waals surface area contributed by atoms with Crippen molar-refractivity contribution >= 4 is 5.95 Å². The molecule has 1 aromatic heterocycles. The predicted octanol–water partition coefficient (Wildman–Crippen LogP) is 1.99. The number of halogens is 1. The van der Waals surface area contributed by atoms with E-state index in [4.69, 9.17) is 10.5 Å². The maximum absolute atomic E-state index is 13.2. The van der Waals surface area contributed by atoms with Crippen LogP contribution >= 0.6 is 0 Å². The van der Waals surface area contributed by atoms with Gasteiger partial charge in [0, 0.05) is 12.3 Å². The standard InChI is InChI=1S/C10H8FN3O/c11-7-3-1-2-4-8(7)15-9-5-6-13-10(12)14-9/h1-6H,(H2,12,13,14). The first-order chi connectivity index (χ1) is 7.25. The molecule has 15 heavy (non-hydrogen) atoms.